The van der Waals surface area contributed by atoms with E-state index in [0.717, 1.165) is 6.42 Å². The zero-order valence-corrected chi connectivity index (χ0v) is 9.42. The van der Waals surface area contributed by atoms with Crippen molar-refractivity contribution in [1.82, 2.24) is 0 Å². The Labute approximate surface area is 86.1 Å². The summed E-state index contributed by atoms with van der Waals surface area (Å²) in [6.45, 7) is 7.84. The van der Waals surface area contributed by atoms with Crippen molar-refractivity contribution in [1.29, 1.82) is 0 Å². The lowest BCUT2D eigenvalue weighted by Crippen LogP contribution is -2.10. The molecule has 0 saturated carbocycles. The third-order valence-corrected chi connectivity index (χ3v) is 2.72. The van der Waals surface area contributed by atoms with Crippen molar-refractivity contribution in [3.63, 3.8) is 0 Å². The lowest BCUT2D eigenvalue weighted by molar-refractivity contribution is -0.120. The maximum atomic E-state index is 11.1. The molecule has 1 unspecified atom stereocenters. The Morgan fingerprint density at radius 1 is 1.36 bits per heavy atom. The minimum absolute atomic E-state index is 0.135. The molecule has 0 radical (unpaired) electrons. The molecule has 1 aromatic rings. The molecule has 1 rings (SSSR count). The molecule has 0 heterocycles. The molecule has 1 atom stereocenters. The largest absolute Gasteiger partial charge is 0.300 e. The summed E-state index contributed by atoms with van der Waals surface area (Å²) in [6.07, 6.45) is 0.864. The Balaban J connectivity index is 2.85. The summed E-state index contributed by atoms with van der Waals surface area (Å²) >= 11 is 0. The second-order valence-corrected chi connectivity index (χ2v) is 4.15. The van der Waals surface area contributed by atoms with Crippen molar-refractivity contribution in [2.45, 2.75) is 34.1 Å². The molecule has 1 heteroatoms. The SMILES string of the molecule is CC(=O)C(C)Cc1cc(C)ccc1C. The third kappa shape index (κ3) is 2.69. The molecule has 0 spiro atoms. The lowest BCUT2D eigenvalue weighted by Gasteiger charge is -2.10. The summed E-state index contributed by atoms with van der Waals surface area (Å²) in [7, 11) is 0. The molecule has 0 aliphatic heterocycles. The molecule has 0 aliphatic carbocycles. The maximum absolute atomic E-state index is 11.1. The van der Waals surface area contributed by atoms with E-state index in [0.29, 0.717) is 0 Å². The van der Waals surface area contributed by atoms with Gasteiger partial charge in [-0.2, -0.15) is 0 Å². The van der Waals surface area contributed by atoms with Crippen LogP contribution in [-0.2, 0) is 11.2 Å². The van der Waals surface area contributed by atoms with Gasteiger partial charge in [-0.1, -0.05) is 30.7 Å². The number of carbonyl (C=O) groups excluding carboxylic acids is 1. The van der Waals surface area contributed by atoms with Gasteiger partial charge in [0.1, 0.15) is 5.78 Å². The summed E-state index contributed by atoms with van der Waals surface area (Å²) in [5.74, 6) is 0.404. The number of Topliss-reactive ketones (excluding diaryl/α,β-unsaturated/α-hetero) is 1. The Hall–Kier alpha value is -1.11. The van der Waals surface area contributed by atoms with Gasteiger partial charge in [-0.3, -0.25) is 4.79 Å². The smallest absolute Gasteiger partial charge is 0.132 e. The van der Waals surface area contributed by atoms with E-state index in [4.69, 9.17) is 0 Å². The van der Waals surface area contributed by atoms with E-state index >= 15 is 0 Å². The highest BCUT2D eigenvalue weighted by atomic mass is 16.1. The van der Waals surface area contributed by atoms with Gasteiger partial charge < -0.3 is 0 Å². The van der Waals surface area contributed by atoms with Crippen molar-refractivity contribution < 1.29 is 4.79 Å². The molecular formula is C13H18O. The van der Waals surface area contributed by atoms with Crippen LogP contribution in [0.1, 0.15) is 30.5 Å². The Morgan fingerprint density at radius 2 is 2.00 bits per heavy atom. The molecule has 0 amide bonds. The van der Waals surface area contributed by atoms with Crippen molar-refractivity contribution in [2.75, 3.05) is 0 Å². The zero-order chi connectivity index (χ0) is 10.7. The number of ketones is 1. The number of hydrogen-bond acceptors (Lipinski definition) is 1. The van der Waals surface area contributed by atoms with Gasteiger partial charge in [0.15, 0.2) is 0 Å². The van der Waals surface area contributed by atoms with Crippen LogP contribution in [0, 0.1) is 19.8 Å². The molecule has 0 bridgehead atoms. The van der Waals surface area contributed by atoms with Crippen molar-refractivity contribution in [3.05, 3.63) is 34.9 Å². The normalized spacial score (nSPS) is 12.6. The minimum atomic E-state index is 0.135. The monoisotopic (exact) mass is 190 g/mol. The van der Waals surface area contributed by atoms with E-state index in [9.17, 15) is 4.79 Å². The van der Waals surface area contributed by atoms with Crippen LogP contribution in [0.3, 0.4) is 0 Å². The Bertz CT molecular complexity index is 339. The Morgan fingerprint density at radius 3 is 2.57 bits per heavy atom. The lowest BCUT2D eigenvalue weighted by atomic mass is 9.94. The molecule has 0 saturated heterocycles. The standard InChI is InChI=1S/C13H18O/c1-9-5-6-10(2)13(7-9)8-11(3)12(4)14/h5-7,11H,8H2,1-4H3. The van der Waals surface area contributed by atoms with Crippen LogP contribution in [0.25, 0.3) is 0 Å². The van der Waals surface area contributed by atoms with Crippen LogP contribution in [-0.4, -0.2) is 5.78 Å². The predicted octanol–water partition coefficient (Wildman–Crippen LogP) is 3.07. The average Bonchev–Trinajstić information content (AvgIpc) is 2.11. The van der Waals surface area contributed by atoms with Crippen LogP contribution in [0.15, 0.2) is 18.2 Å². The summed E-state index contributed by atoms with van der Waals surface area (Å²) in [4.78, 5) is 11.1. The van der Waals surface area contributed by atoms with Crippen LogP contribution in [0.4, 0.5) is 0 Å². The molecular weight excluding hydrogens is 172 g/mol. The number of aryl methyl sites for hydroxylation is 2. The molecule has 14 heavy (non-hydrogen) atoms. The van der Waals surface area contributed by atoms with Crippen molar-refractivity contribution in [3.8, 4) is 0 Å². The van der Waals surface area contributed by atoms with Crippen LogP contribution >= 0.6 is 0 Å². The van der Waals surface area contributed by atoms with E-state index in [2.05, 4.69) is 32.0 Å². The van der Waals surface area contributed by atoms with E-state index in [1.165, 1.54) is 16.7 Å². The summed E-state index contributed by atoms with van der Waals surface area (Å²) in [5.41, 5.74) is 3.85. The highest BCUT2D eigenvalue weighted by molar-refractivity contribution is 5.78. The van der Waals surface area contributed by atoms with Gasteiger partial charge in [0.2, 0.25) is 0 Å². The summed E-state index contributed by atoms with van der Waals surface area (Å²) in [6, 6.07) is 6.41. The molecule has 0 aliphatic rings. The van der Waals surface area contributed by atoms with Crippen molar-refractivity contribution in [2.24, 2.45) is 5.92 Å². The van der Waals surface area contributed by atoms with E-state index in [1.54, 1.807) is 6.92 Å². The van der Waals surface area contributed by atoms with Gasteiger partial charge >= 0.3 is 0 Å². The highest BCUT2D eigenvalue weighted by Crippen LogP contribution is 2.15. The maximum Gasteiger partial charge on any atom is 0.132 e. The molecule has 76 valence electrons. The van der Waals surface area contributed by atoms with Crippen LogP contribution in [0.5, 0.6) is 0 Å². The van der Waals surface area contributed by atoms with E-state index in [-0.39, 0.29) is 11.7 Å². The van der Waals surface area contributed by atoms with Gasteiger partial charge in [-0.05, 0) is 38.3 Å². The van der Waals surface area contributed by atoms with Gasteiger partial charge in [0.25, 0.3) is 0 Å². The summed E-state index contributed by atoms with van der Waals surface area (Å²) < 4.78 is 0. The summed E-state index contributed by atoms with van der Waals surface area (Å²) in [5, 5.41) is 0. The minimum Gasteiger partial charge on any atom is -0.300 e. The second kappa shape index (κ2) is 4.41. The first kappa shape index (κ1) is 11.0. The molecule has 1 aromatic carbocycles. The Kier molecular flexibility index (Phi) is 3.45. The third-order valence-electron chi connectivity index (χ3n) is 2.72. The van der Waals surface area contributed by atoms with Gasteiger partial charge in [0, 0.05) is 5.92 Å². The first-order valence-corrected chi connectivity index (χ1v) is 5.07. The topological polar surface area (TPSA) is 17.1 Å². The highest BCUT2D eigenvalue weighted by Gasteiger charge is 2.09. The van der Waals surface area contributed by atoms with Crippen LogP contribution < -0.4 is 0 Å². The number of rotatable bonds is 3. The second-order valence-electron chi connectivity index (χ2n) is 4.15. The average molecular weight is 190 g/mol. The van der Waals surface area contributed by atoms with Gasteiger partial charge in [-0.25, -0.2) is 0 Å². The van der Waals surface area contributed by atoms with Crippen LogP contribution in [0.2, 0.25) is 0 Å². The quantitative estimate of drug-likeness (QED) is 0.716. The van der Waals surface area contributed by atoms with E-state index in [1.807, 2.05) is 6.92 Å². The van der Waals surface area contributed by atoms with Gasteiger partial charge in [0.05, 0.1) is 0 Å². The molecule has 0 N–H and O–H groups in total. The predicted molar refractivity (Wildman–Crippen MR) is 59.5 cm³/mol. The van der Waals surface area contributed by atoms with Crippen molar-refractivity contribution >= 4 is 5.78 Å². The fourth-order valence-corrected chi connectivity index (χ4v) is 1.49. The fourth-order valence-electron chi connectivity index (χ4n) is 1.49. The first-order chi connectivity index (χ1) is 6.50. The van der Waals surface area contributed by atoms with Gasteiger partial charge in [-0.15, -0.1) is 0 Å². The fraction of sp³-hybridized carbons (Fsp3) is 0.462. The number of benzene rings is 1. The molecule has 1 nitrogen and oxygen atoms in total. The molecule has 0 aromatic heterocycles. The zero-order valence-electron chi connectivity index (χ0n) is 9.42. The first-order valence-electron chi connectivity index (χ1n) is 5.07. The van der Waals surface area contributed by atoms with E-state index < -0.39 is 0 Å². The number of carbonyl (C=O) groups is 1. The molecule has 0 fully saturated rings. The number of hydrogen-bond donors (Lipinski definition) is 0.